The van der Waals surface area contributed by atoms with E-state index in [0.717, 1.165) is 38.0 Å². The SMILES string of the molecule is CCCCC/C=C\C/C=C\CCCCCCCCCC(CCO)CCCOCc1ccc(OC)cc1. The smallest absolute Gasteiger partial charge is 0.118 e. The van der Waals surface area contributed by atoms with Gasteiger partial charge in [0.15, 0.2) is 0 Å². The first-order chi connectivity index (χ1) is 17.8. The van der Waals surface area contributed by atoms with Crippen LogP contribution in [-0.2, 0) is 11.3 Å². The van der Waals surface area contributed by atoms with Gasteiger partial charge in [-0.15, -0.1) is 0 Å². The molecule has 1 unspecified atom stereocenters. The Morgan fingerprint density at radius 3 is 1.97 bits per heavy atom. The highest BCUT2D eigenvalue weighted by Gasteiger charge is 2.08. The van der Waals surface area contributed by atoms with Crippen molar-refractivity contribution >= 4 is 0 Å². The van der Waals surface area contributed by atoms with Crippen LogP contribution in [0.3, 0.4) is 0 Å². The molecular weight excluding hydrogens is 444 g/mol. The lowest BCUT2D eigenvalue weighted by Crippen LogP contribution is -2.06. The van der Waals surface area contributed by atoms with Crippen molar-refractivity contribution in [2.45, 2.75) is 123 Å². The Bertz CT molecular complexity index is 635. The van der Waals surface area contributed by atoms with E-state index in [9.17, 15) is 5.11 Å². The summed E-state index contributed by atoms with van der Waals surface area (Å²) in [6.45, 7) is 4.01. The standard InChI is InChI=1S/C33H56O3/c1-3-4-5-6-7-8-9-10-11-12-13-14-15-16-17-18-19-21-31(27-28-34)22-20-29-36-30-32-23-25-33(35-2)26-24-32/h7-8,10-11,23-26,31,34H,3-6,9,12-22,27-30H2,1-2H3/b8-7-,11-10-. The minimum Gasteiger partial charge on any atom is -0.497 e. The third-order valence-electron chi connectivity index (χ3n) is 6.93. The number of ether oxygens (including phenoxy) is 2. The van der Waals surface area contributed by atoms with E-state index < -0.39 is 0 Å². The van der Waals surface area contributed by atoms with Crippen molar-refractivity contribution in [2.75, 3.05) is 20.3 Å². The molecule has 0 aliphatic carbocycles. The molecule has 1 aromatic rings. The fraction of sp³-hybridized carbons (Fsp3) is 0.697. The molecule has 0 aromatic heterocycles. The second-order valence-electron chi connectivity index (χ2n) is 10.1. The quantitative estimate of drug-likeness (QED) is 0.107. The van der Waals surface area contributed by atoms with Crippen molar-refractivity contribution in [1.82, 2.24) is 0 Å². The van der Waals surface area contributed by atoms with E-state index in [1.54, 1.807) is 7.11 Å². The number of aliphatic hydroxyl groups is 1. The van der Waals surface area contributed by atoms with Crippen molar-refractivity contribution in [1.29, 1.82) is 0 Å². The van der Waals surface area contributed by atoms with Crippen molar-refractivity contribution in [2.24, 2.45) is 5.92 Å². The number of unbranched alkanes of at least 4 members (excludes halogenated alkanes) is 10. The first-order valence-electron chi connectivity index (χ1n) is 14.9. The van der Waals surface area contributed by atoms with Crippen LogP contribution >= 0.6 is 0 Å². The van der Waals surface area contributed by atoms with E-state index in [0.29, 0.717) is 19.1 Å². The average molecular weight is 501 g/mol. The zero-order valence-electron chi connectivity index (χ0n) is 23.6. The van der Waals surface area contributed by atoms with Gasteiger partial charge in [0.05, 0.1) is 13.7 Å². The van der Waals surface area contributed by atoms with E-state index in [-0.39, 0.29) is 0 Å². The fourth-order valence-corrected chi connectivity index (χ4v) is 4.60. The normalized spacial score (nSPS) is 12.6. The zero-order chi connectivity index (χ0) is 25.9. The maximum absolute atomic E-state index is 9.42. The number of allylic oxidation sites excluding steroid dienone is 4. The highest BCUT2D eigenvalue weighted by atomic mass is 16.5. The van der Waals surface area contributed by atoms with Gasteiger partial charge in [0.2, 0.25) is 0 Å². The molecule has 3 nitrogen and oxygen atoms in total. The van der Waals surface area contributed by atoms with E-state index in [1.165, 1.54) is 89.0 Å². The summed E-state index contributed by atoms with van der Waals surface area (Å²) in [5.41, 5.74) is 1.18. The van der Waals surface area contributed by atoms with Gasteiger partial charge in [-0.2, -0.15) is 0 Å². The third-order valence-corrected chi connectivity index (χ3v) is 6.93. The molecule has 0 fully saturated rings. The van der Waals surface area contributed by atoms with Crippen molar-refractivity contribution in [3.05, 3.63) is 54.1 Å². The van der Waals surface area contributed by atoms with Gasteiger partial charge >= 0.3 is 0 Å². The Morgan fingerprint density at radius 2 is 1.33 bits per heavy atom. The summed E-state index contributed by atoms with van der Waals surface area (Å²) < 4.78 is 11.0. The first kappa shape index (κ1) is 32.4. The van der Waals surface area contributed by atoms with Gasteiger partial charge in [0.25, 0.3) is 0 Å². The van der Waals surface area contributed by atoms with Gasteiger partial charge in [-0.25, -0.2) is 0 Å². The molecule has 0 amide bonds. The maximum atomic E-state index is 9.42. The second-order valence-corrected chi connectivity index (χ2v) is 10.1. The number of rotatable bonds is 25. The Morgan fingerprint density at radius 1 is 0.722 bits per heavy atom. The molecule has 0 bridgehead atoms. The van der Waals surface area contributed by atoms with Gasteiger partial charge in [-0.1, -0.05) is 101 Å². The molecular formula is C33H56O3. The molecule has 1 atom stereocenters. The summed E-state index contributed by atoms with van der Waals surface area (Å²) in [7, 11) is 1.69. The zero-order valence-corrected chi connectivity index (χ0v) is 23.6. The fourth-order valence-electron chi connectivity index (χ4n) is 4.60. The maximum Gasteiger partial charge on any atom is 0.118 e. The van der Waals surface area contributed by atoms with Crippen LogP contribution in [0.15, 0.2) is 48.6 Å². The summed E-state index contributed by atoms with van der Waals surface area (Å²) in [5.74, 6) is 1.52. The van der Waals surface area contributed by atoms with Crippen LogP contribution in [0.25, 0.3) is 0 Å². The van der Waals surface area contributed by atoms with Crippen LogP contribution in [0.1, 0.15) is 122 Å². The summed E-state index contributed by atoms with van der Waals surface area (Å²) >= 11 is 0. The average Bonchev–Trinajstić information content (AvgIpc) is 2.90. The van der Waals surface area contributed by atoms with Crippen LogP contribution in [0.4, 0.5) is 0 Å². The molecule has 0 saturated heterocycles. The number of benzene rings is 1. The molecule has 1 N–H and O–H groups in total. The molecule has 1 aromatic carbocycles. The Labute approximate surface area is 223 Å². The van der Waals surface area contributed by atoms with E-state index in [4.69, 9.17) is 9.47 Å². The molecule has 0 heterocycles. The van der Waals surface area contributed by atoms with E-state index in [1.807, 2.05) is 12.1 Å². The van der Waals surface area contributed by atoms with Gasteiger partial charge in [-0.05, 0) is 75.0 Å². The van der Waals surface area contributed by atoms with Crippen LogP contribution < -0.4 is 4.74 Å². The largest absolute Gasteiger partial charge is 0.497 e. The summed E-state index contributed by atoms with van der Waals surface area (Å²) in [6.07, 6.45) is 30.7. The number of methoxy groups -OCH3 is 1. The molecule has 0 spiro atoms. The Kier molecular flexibility index (Phi) is 22.6. The molecule has 36 heavy (non-hydrogen) atoms. The summed E-state index contributed by atoms with van der Waals surface area (Å²) in [5, 5.41) is 9.42. The summed E-state index contributed by atoms with van der Waals surface area (Å²) in [6, 6.07) is 8.06. The van der Waals surface area contributed by atoms with Gasteiger partial charge < -0.3 is 14.6 Å². The lowest BCUT2D eigenvalue weighted by Gasteiger charge is -2.15. The first-order valence-corrected chi connectivity index (χ1v) is 14.9. The van der Waals surface area contributed by atoms with Crippen LogP contribution in [0.2, 0.25) is 0 Å². The number of hydrogen-bond acceptors (Lipinski definition) is 3. The van der Waals surface area contributed by atoms with Crippen molar-refractivity contribution < 1.29 is 14.6 Å². The monoisotopic (exact) mass is 500 g/mol. The topological polar surface area (TPSA) is 38.7 Å². The van der Waals surface area contributed by atoms with E-state index in [2.05, 4.69) is 43.4 Å². The Hall–Kier alpha value is -1.58. The van der Waals surface area contributed by atoms with Gasteiger partial charge in [0.1, 0.15) is 5.75 Å². The lowest BCUT2D eigenvalue weighted by molar-refractivity contribution is 0.111. The summed E-state index contributed by atoms with van der Waals surface area (Å²) in [4.78, 5) is 0. The van der Waals surface area contributed by atoms with Crippen molar-refractivity contribution in [3.63, 3.8) is 0 Å². The highest BCUT2D eigenvalue weighted by Crippen LogP contribution is 2.20. The molecule has 1 rings (SSSR count). The third kappa shape index (κ3) is 19.6. The molecule has 0 saturated carbocycles. The van der Waals surface area contributed by atoms with Crippen LogP contribution in [0.5, 0.6) is 5.75 Å². The van der Waals surface area contributed by atoms with Gasteiger partial charge in [-0.3, -0.25) is 0 Å². The van der Waals surface area contributed by atoms with Crippen molar-refractivity contribution in [3.8, 4) is 5.75 Å². The molecule has 3 heteroatoms. The second kappa shape index (κ2) is 25.1. The predicted molar refractivity (Wildman–Crippen MR) is 156 cm³/mol. The van der Waals surface area contributed by atoms with Gasteiger partial charge in [0, 0.05) is 13.2 Å². The lowest BCUT2D eigenvalue weighted by atomic mass is 9.93. The van der Waals surface area contributed by atoms with Crippen LogP contribution in [-0.4, -0.2) is 25.4 Å². The predicted octanol–water partition coefficient (Wildman–Crippen LogP) is 9.58. The molecule has 0 aliphatic heterocycles. The number of aliphatic hydroxyl groups excluding tert-OH is 1. The minimum atomic E-state index is 0.307. The Balaban J connectivity index is 1.93. The molecule has 206 valence electrons. The number of hydrogen-bond donors (Lipinski definition) is 1. The van der Waals surface area contributed by atoms with E-state index >= 15 is 0 Å². The molecule has 0 radical (unpaired) electrons. The van der Waals surface area contributed by atoms with Crippen LogP contribution in [0, 0.1) is 5.92 Å². The molecule has 0 aliphatic rings. The minimum absolute atomic E-state index is 0.307. The highest BCUT2D eigenvalue weighted by molar-refractivity contribution is 5.26.